The van der Waals surface area contributed by atoms with Crippen LogP contribution >= 0.6 is 0 Å². The number of fused-ring (bicyclic) bond motifs is 1. The second-order valence-electron chi connectivity index (χ2n) is 7.72. The Hall–Kier alpha value is -1.19. The van der Waals surface area contributed by atoms with E-state index in [0.717, 1.165) is 49.5 Å². The second kappa shape index (κ2) is 7.14. The highest BCUT2D eigenvalue weighted by molar-refractivity contribution is 5.73. The molecule has 0 spiro atoms. The van der Waals surface area contributed by atoms with Crippen molar-refractivity contribution in [3.63, 3.8) is 0 Å². The standard InChI is InChI=1S/C20H30O3/c1-15(2)17(22)9-13-19(3)10-5-11-20(4)18(23-20)7-6-16(14-21)8-12-19/h5,8,10,14,17-18,22H,1,6-7,9,11-13H2,2-4H3/b10-5+,16-8+/t17-,18+,19-,20+/m1/s1. The number of aldehydes is 1. The number of carbonyl (C=O) groups excluding carboxylic acids is 1. The van der Waals surface area contributed by atoms with Gasteiger partial charge < -0.3 is 9.84 Å². The lowest BCUT2D eigenvalue weighted by Gasteiger charge is -2.26. The van der Waals surface area contributed by atoms with Gasteiger partial charge in [0.1, 0.15) is 6.29 Å². The Balaban J connectivity index is 2.12. The van der Waals surface area contributed by atoms with Gasteiger partial charge >= 0.3 is 0 Å². The van der Waals surface area contributed by atoms with Crippen molar-refractivity contribution in [3.05, 3.63) is 36.0 Å². The molecular formula is C20H30O3. The Kier molecular flexibility index (Phi) is 5.64. The van der Waals surface area contributed by atoms with E-state index in [2.05, 4.69) is 38.7 Å². The van der Waals surface area contributed by atoms with Crippen LogP contribution in [0, 0.1) is 5.41 Å². The molecule has 0 unspecified atom stereocenters. The van der Waals surface area contributed by atoms with Gasteiger partial charge in [0, 0.05) is 0 Å². The number of hydrogen-bond acceptors (Lipinski definition) is 3. The van der Waals surface area contributed by atoms with Crippen LogP contribution in [0.5, 0.6) is 0 Å². The average Bonchev–Trinajstić information content (AvgIpc) is 3.14. The molecule has 0 saturated carbocycles. The highest BCUT2D eigenvalue weighted by Gasteiger charge is 2.50. The monoisotopic (exact) mass is 318 g/mol. The van der Waals surface area contributed by atoms with Crippen molar-refractivity contribution in [1.29, 1.82) is 0 Å². The van der Waals surface area contributed by atoms with E-state index in [-0.39, 0.29) is 17.1 Å². The fourth-order valence-corrected chi connectivity index (χ4v) is 3.25. The summed E-state index contributed by atoms with van der Waals surface area (Å²) in [5, 5.41) is 10.0. The van der Waals surface area contributed by atoms with Gasteiger partial charge in [0.05, 0.1) is 17.8 Å². The second-order valence-corrected chi connectivity index (χ2v) is 7.72. The number of ether oxygens (including phenoxy) is 1. The number of aliphatic hydroxyl groups is 1. The van der Waals surface area contributed by atoms with E-state index in [0.29, 0.717) is 6.42 Å². The molecular weight excluding hydrogens is 288 g/mol. The summed E-state index contributed by atoms with van der Waals surface area (Å²) in [7, 11) is 0. The molecule has 0 aromatic carbocycles. The topological polar surface area (TPSA) is 49.8 Å². The summed E-state index contributed by atoms with van der Waals surface area (Å²) in [6.07, 6.45) is 12.3. The highest BCUT2D eigenvalue weighted by Crippen LogP contribution is 2.44. The molecule has 1 N–H and O–H groups in total. The van der Waals surface area contributed by atoms with Crippen molar-refractivity contribution in [2.75, 3.05) is 0 Å². The number of hydrogen-bond donors (Lipinski definition) is 1. The first-order valence-corrected chi connectivity index (χ1v) is 8.61. The van der Waals surface area contributed by atoms with Gasteiger partial charge in [-0.05, 0) is 63.4 Å². The maximum Gasteiger partial charge on any atom is 0.145 e. The molecule has 3 heteroatoms. The Morgan fingerprint density at radius 3 is 2.91 bits per heavy atom. The fourth-order valence-electron chi connectivity index (χ4n) is 3.25. The van der Waals surface area contributed by atoms with Crippen molar-refractivity contribution in [2.45, 2.75) is 77.1 Å². The van der Waals surface area contributed by atoms with Gasteiger partial charge in [0.25, 0.3) is 0 Å². The van der Waals surface area contributed by atoms with Crippen LogP contribution in [-0.2, 0) is 9.53 Å². The molecule has 0 bridgehead atoms. The molecule has 0 aromatic heterocycles. The van der Waals surface area contributed by atoms with Gasteiger partial charge in [0.2, 0.25) is 0 Å². The predicted molar refractivity (Wildman–Crippen MR) is 93.2 cm³/mol. The van der Waals surface area contributed by atoms with E-state index in [1.54, 1.807) is 0 Å². The first-order valence-electron chi connectivity index (χ1n) is 8.61. The zero-order valence-electron chi connectivity index (χ0n) is 14.7. The molecule has 0 aromatic rings. The number of aliphatic hydroxyl groups excluding tert-OH is 1. The van der Waals surface area contributed by atoms with E-state index in [1.165, 1.54) is 0 Å². The van der Waals surface area contributed by atoms with Crippen LogP contribution in [0.4, 0.5) is 0 Å². The minimum absolute atomic E-state index is 0.0597. The van der Waals surface area contributed by atoms with Crippen molar-refractivity contribution in [1.82, 2.24) is 0 Å². The molecule has 1 fully saturated rings. The number of allylic oxidation sites excluding steroid dienone is 3. The van der Waals surface area contributed by atoms with Crippen LogP contribution in [-0.4, -0.2) is 29.2 Å². The lowest BCUT2D eigenvalue weighted by Crippen LogP contribution is -2.18. The SMILES string of the molecule is C=C(C)[C@H](O)CC[C@]1(C)/C=C/C[C@]2(C)O[C@H]2CC/C(C=O)=C\C1. The Labute approximate surface area is 140 Å². The summed E-state index contributed by atoms with van der Waals surface area (Å²) in [4.78, 5) is 11.3. The molecule has 1 saturated heterocycles. The van der Waals surface area contributed by atoms with Crippen LogP contribution in [0.3, 0.4) is 0 Å². The van der Waals surface area contributed by atoms with Gasteiger partial charge in [-0.1, -0.05) is 37.3 Å². The predicted octanol–water partition coefficient (Wildman–Crippen LogP) is 4.12. The number of epoxide rings is 1. The summed E-state index contributed by atoms with van der Waals surface area (Å²) in [6.45, 7) is 10.0. The molecule has 1 aliphatic heterocycles. The zero-order chi connectivity index (χ0) is 17.1. The molecule has 128 valence electrons. The molecule has 0 amide bonds. The van der Waals surface area contributed by atoms with Crippen molar-refractivity contribution in [2.24, 2.45) is 5.41 Å². The lowest BCUT2D eigenvalue weighted by molar-refractivity contribution is -0.105. The average molecular weight is 318 g/mol. The Bertz CT molecular complexity index is 519. The summed E-state index contributed by atoms with van der Waals surface area (Å²) >= 11 is 0. The van der Waals surface area contributed by atoms with E-state index >= 15 is 0 Å². The van der Waals surface area contributed by atoms with Crippen molar-refractivity contribution < 1.29 is 14.6 Å². The number of rotatable bonds is 5. The Morgan fingerprint density at radius 1 is 1.52 bits per heavy atom. The summed E-state index contributed by atoms with van der Waals surface area (Å²) < 4.78 is 5.82. The minimum atomic E-state index is -0.457. The molecule has 4 atom stereocenters. The normalized spacial score (nSPS) is 39.1. The van der Waals surface area contributed by atoms with E-state index < -0.39 is 6.10 Å². The largest absolute Gasteiger partial charge is 0.389 e. The smallest absolute Gasteiger partial charge is 0.145 e. The molecule has 1 aliphatic carbocycles. The minimum Gasteiger partial charge on any atom is -0.389 e. The van der Waals surface area contributed by atoms with E-state index in [1.807, 2.05) is 6.92 Å². The first kappa shape index (κ1) is 18.2. The molecule has 2 aliphatic rings. The van der Waals surface area contributed by atoms with Gasteiger partial charge in [-0.3, -0.25) is 4.79 Å². The number of carbonyl (C=O) groups is 1. The van der Waals surface area contributed by atoms with E-state index in [9.17, 15) is 9.90 Å². The molecule has 1 heterocycles. The Morgan fingerprint density at radius 2 is 2.26 bits per heavy atom. The maximum absolute atomic E-state index is 11.3. The van der Waals surface area contributed by atoms with Gasteiger partial charge in [-0.2, -0.15) is 0 Å². The third kappa shape index (κ3) is 4.89. The highest BCUT2D eigenvalue weighted by atomic mass is 16.6. The van der Waals surface area contributed by atoms with Crippen LogP contribution in [0.2, 0.25) is 0 Å². The first-order chi connectivity index (χ1) is 10.8. The van der Waals surface area contributed by atoms with Crippen LogP contribution in [0.1, 0.15) is 59.3 Å². The third-order valence-electron chi connectivity index (χ3n) is 5.31. The van der Waals surface area contributed by atoms with Crippen LogP contribution in [0.25, 0.3) is 0 Å². The van der Waals surface area contributed by atoms with Gasteiger partial charge in [-0.25, -0.2) is 0 Å². The van der Waals surface area contributed by atoms with Crippen LogP contribution < -0.4 is 0 Å². The molecule has 3 nitrogen and oxygen atoms in total. The van der Waals surface area contributed by atoms with Gasteiger partial charge in [0.15, 0.2) is 0 Å². The molecule has 2 rings (SSSR count). The summed E-state index contributed by atoms with van der Waals surface area (Å²) in [6, 6.07) is 0. The van der Waals surface area contributed by atoms with Crippen LogP contribution in [0.15, 0.2) is 36.0 Å². The molecule has 23 heavy (non-hydrogen) atoms. The summed E-state index contributed by atoms with van der Waals surface area (Å²) in [5.74, 6) is 0. The van der Waals surface area contributed by atoms with Crippen molar-refractivity contribution in [3.8, 4) is 0 Å². The maximum atomic E-state index is 11.3. The van der Waals surface area contributed by atoms with Gasteiger partial charge in [-0.15, -0.1) is 0 Å². The van der Waals surface area contributed by atoms with E-state index in [4.69, 9.17) is 4.74 Å². The summed E-state index contributed by atoms with van der Waals surface area (Å²) in [5.41, 5.74) is 1.55. The zero-order valence-corrected chi connectivity index (χ0v) is 14.7. The third-order valence-corrected chi connectivity index (χ3v) is 5.31. The fraction of sp³-hybridized carbons (Fsp3) is 0.650. The quantitative estimate of drug-likeness (QED) is 0.471. The van der Waals surface area contributed by atoms with Crippen molar-refractivity contribution >= 4 is 6.29 Å². The lowest BCUT2D eigenvalue weighted by atomic mass is 9.79. The molecule has 0 radical (unpaired) electrons.